The molecule has 0 aliphatic rings. The molecule has 0 heterocycles. The Bertz CT molecular complexity index is 247. The molecule has 0 aromatic rings. The van der Waals surface area contributed by atoms with E-state index in [0.29, 0.717) is 0 Å². The Kier molecular flexibility index (Phi) is 6.03. The number of esters is 3. The van der Waals surface area contributed by atoms with Gasteiger partial charge in [-0.15, -0.1) is 0 Å². The Morgan fingerprint density at radius 3 is 2.33 bits per heavy atom. The van der Waals surface area contributed by atoms with Gasteiger partial charge in [-0.25, -0.2) is 14.4 Å². The van der Waals surface area contributed by atoms with Crippen molar-refractivity contribution in [2.45, 2.75) is 13.0 Å². The molecule has 15 heavy (non-hydrogen) atoms. The molecule has 7 nitrogen and oxygen atoms in total. The topological polar surface area (TPSA) is 99.1 Å². The van der Waals surface area contributed by atoms with E-state index in [-0.39, 0.29) is 0 Å². The van der Waals surface area contributed by atoms with Crippen molar-refractivity contribution in [2.75, 3.05) is 20.3 Å². The Morgan fingerprint density at radius 1 is 1.27 bits per heavy atom. The molecule has 0 aromatic carbocycles. The van der Waals surface area contributed by atoms with Gasteiger partial charge >= 0.3 is 17.9 Å². The first-order chi connectivity index (χ1) is 7.01. The van der Waals surface area contributed by atoms with E-state index in [1.54, 1.807) is 0 Å². The lowest BCUT2D eigenvalue weighted by molar-refractivity contribution is -0.171. The molecule has 0 saturated carbocycles. The van der Waals surface area contributed by atoms with E-state index in [9.17, 15) is 14.4 Å². The van der Waals surface area contributed by atoms with Crippen LogP contribution in [-0.2, 0) is 28.6 Å². The lowest BCUT2D eigenvalue weighted by Crippen LogP contribution is -2.29. The second-order valence-corrected chi connectivity index (χ2v) is 2.47. The summed E-state index contributed by atoms with van der Waals surface area (Å²) in [6.45, 7) is -0.113. The monoisotopic (exact) mass is 220 g/mol. The molecule has 7 heteroatoms. The fourth-order valence-corrected chi connectivity index (χ4v) is 0.589. The summed E-state index contributed by atoms with van der Waals surface area (Å²) in [5.74, 6) is -2.55. The van der Waals surface area contributed by atoms with E-state index >= 15 is 0 Å². The third-order valence-corrected chi connectivity index (χ3v) is 1.33. The molecule has 1 N–H and O–H groups in total. The maximum absolute atomic E-state index is 11.0. The Labute approximate surface area is 85.9 Å². The summed E-state index contributed by atoms with van der Waals surface area (Å²) in [7, 11) is 1.14. The zero-order chi connectivity index (χ0) is 11.8. The molecule has 86 valence electrons. The minimum absolute atomic E-state index is 0.545. The molecular formula is C8H12O7. The first kappa shape index (κ1) is 13.4. The van der Waals surface area contributed by atoms with Gasteiger partial charge in [-0.1, -0.05) is 0 Å². The summed E-state index contributed by atoms with van der Waals surface area (Å²) >= 11 is 0. The van der Waals surface area contributed by atoms with Crippen molar-refractivity contribution in [2.24, 2.45) is 0 Å². The van der Waals surface area contributed by atoms with Crippen molar-refractivity contribution in [3.8, 4) is 0 Å². The highest BCUT2D eigenvalue weighted by Gasteiger charge is 2.19. The molecule has 0 aliphatic heterocycles. The van der Waals surface area contributed by atoms with Gasteiger partial charge in [0.25, 0.3) is 0 Å². The van der Waals surface area contributed by atoms with Crippen LogP contribution in [0.4, 0.5) is 0 Å². The van der Waals surface area contributed by atoms with Crippen molar-refractivity contribution >= 4 is 17.9 Å². The Balaban J connectivity index is 3.89. The van der Waals surface area contributed by atoms with E-state index in [0.717, 1.165) is 7.11 Å². The minimum atomic E-state index is -1.17. The van der Waals surface area contributed by atoms with E-state index in [1.165, 1.54) is 6.92 Å². The van der Waals surface area contributed by atoms with E-state index in [4.69, 9.17) is 5.11 Å². The summed E-state index contributed by atoms with van der Waals surface area (Å²) in [4.78, 5) is 32.1. The van der Waals surface area contributed by atoms with Crippen LogP contribution < -0.4 is 0 Å². The Hall–Kier alpha value is -1.63. The van der Waals surface area contributed by atoms with E-state index in [1.807, 2.05) is 0 Å². The van der Waals surface area contributed by atoms with Crippen LogP contribution >= 0.6 is 0 Å². The van der Waals surface area contributed by atoms with Crippen LogP contribution in [0.5, 0.6) is 0 Å². The molecule has 0 aliphatic carbocycles. The van der Waals surface area contributed by atoms with Gasteiger partial charge in [-0.3, -0.25) is 0 Å². The molecule has 0 rings (SSSR count). The molecule has 0 bridgehead atoms. The van der Waals surface area contributed by atoms with Crippen molar-refractivity contribution in [3.05, 3.63) is 0 Å². The summed E-state index contributed by atoms with van der Waals surface area (Å²) in [6, 6.07) is 0. The zero-order valence-corrected chi connectivity index (χ0v) is 8.39. The molecular weight excluding hydrogens is 208 g/mol. The highest BCUT2D eigenvalue weighted by molar-refractivity contribution is 5.81. The van der Waals surface area contributed by atoms with E-state index < -0.39 is 37.2 Å². The maximum atomic E-state index is 11.0. The van der Waals surface area contributed by atoms with Crippen LogP contribution in [0.25, 0.3) is 0 Å². The fourth-order valence-electron chi connectivity index (χ4n) is 0.589. The number of ether oxygens (including phenoxy) is 3. The molecule has 0 saturated heterocycles. The molecule has 0 amide bonds. The Morgan fingerprint density at radius 2 is 1.87 bits per heavy atom. The summed E-state index contributed by atoms with van der Waals surface area (Å²) in [5.41, 5.74) is 0. The van der Waals surface area contributed by atoms with Crippen LogP contribution in [0.15, 0.2) is 0 Å². The lowest BCUT2D eigenvalue weighted by Gasteiger charge is -2.10. The molecule has 0 aromatic heterocycles. The maximum Gasteiger partial charge on any atom is 0.347 e. The van der Waals surface area contributed by atoms with Gasteiger partial charge in [0.2, 0.25) is 0 Å². The molecule has 0 radical (unpaired) electrons. The largest absolute Gasteiger partial charge is 0.466 e. The molecule has 1 unspecified atom stereocenters. The fraction of sp³-hybridized carbons (Fsp3) is 0.625. The quantitative estimate of drug-likeness (QED) is 0.450. The molecule has 1 atom stereocenters. The molecule has 0 fully saturated rings. The standard InChI is InChI=1S/C8H12O7/c1-5(15-6(10)3-9)8(12)14-4-7(11)13-2/h5,9H,3-4H2,1-2H3. The zero-order valence-electron chi connectivity index (χ0n) is 8.39. The number of methoxy groups -OCH3 is 1. The van der Waals surface area contributed by atoms with Gasteiger partial charge in [-0.2, -0.15) is 0 Å². The van der Waals surface area contributed by atoms with Gasteiger partial charge in [0, 0.05) is 0 Å². The van der Waals surface area contributed by atoms with Crippen molar-refractivity contribution in [1.29, 1.82) is 0 Å². The number of aliphatic hydroxyl groups is 1. The molecule has 0 spiro atoms. The van der Waals surface area contributed by atoms with Gasteiger partial charge in [-0.05, 0) is 6.92 Å². The second-order valence-electron chi connectivity index (χ2n) is 2.47. The first-order valence-electron chi connectivity index (χ1n) is 4.05. The van der Waals surface area contributed by atoms with Gasteiger partial charge in [0.05, 0.1) is 7.11 Å². The average Bonchev–Trinajstić information content (AvgIpc) is 2.24. The summed E-state index contributed by atoms with van der Waals surface area (Å²) in [6.07, 6.45) is -1.17. The second kappa shape index (κ2) is 6.77. The number of carbonyl (C=O) groups excluding carboxylic acids is 3. The predicted octanol–water partition coefficient (Wildman–Crippen LogP) is -1.37. The van der Waals surface area contributed by atoms with Crippen LogP contribution in [0.3, 0.4) is 0 Å². The van der Waals surface area contributed by atoms with Gasteiger partial charge in [0.1, 0.15) is 6.61 Å². The van der Waals surface area contributed by atoms with Gasteiger partial charge in [0.15, 0.2) is 12.7 Å². The van der Waals surface area contributed by atoms with Crippen LogP contribution in [0.1, 0.15) is 6.92 Å². The summed E-state index contributed by atoms with van der Waals surface area (Å²) in [5, 5.41) is 8.32. The van der Waals surface area contributed by atoms with Crippen LogP contribution in [0.2, 0.25) is 0 Å². The van der Waals surface area contributed by atoms with Crippen LogP contribution in [-0.4, -0.2) is 49.4 Å². The highest BCUT2D eigenvalue weighted by atomic mass is 16.6. The van der Waals surface area contributed by atoms with E-state index in [2.05, 4.69) is 14.2 Å². The van der Waals surface area contributed by atoms with Crippen molar-refractivity contribution in [1.82, 2.24) is 0 Å². The number of aliphatic hydroxyl groups excluding tert-OH is 1. The summed E-state index contributed by atoms with van der Waals surface area (Å²) < 4.78 is 13.1. The third-order valence-electron chi connectivity index (χ3n) is 1.33. The number of hydrogen-bond acceptors (Lipinski definition) is 7. The highest BCUT2D eigenvalue weighted by Crippen LogP contribution is 1.95. The minimum Gasteiger partial charge on any atom is -0.466 e. The third kappa shape index (κ3) is 5.63. The smallest absolute Gasteiger partial charge is 0.347 e. The predicted molar refractivity (Wildman–Crippen MR) is 45.6 cm³/mol. The SMILES string of the molecule is COC(=O)COC(=O)C(C)OC(=O)CO. The van der Waals surface area contributed by atoms with Gasteiger partial charge < -0.3 is 19.3 Å². The normalized spacial score (nSPS) is 11.4. The van der Waals surface area contributed by atoms with Crippen LogP contribution in [0, 0.1) is 0 Å². The average molecular weight is 220 g/mol. The first-order valence-corrected chi connectivity index (χ1v) is 4.05. The number of rotatable bonds is 5. The number of hydrogen-bond donors (Lipinski definition) is 1. The van der Waals surface area contributed by atoms with Crippen molar-refractivity contribution in [3.63, 3.8) is 0 Å². The lowest BCUT2D eigenvalue weighted by atomic mass is 10.4. The van der Waals surface area contributed by atoms with Crippen molar-refractivity contribution < 1.29 is 33.7 Å². The number of carbonyl (C=O) groups is 3.